The summed E-state index contributed by atoms with van der Waals surface area (Å²) in [5, 5.41) is 2.96. The molecular weight excluding hydrogens is 250 g/mol. The topological polar surface area (TPSA) is 58.4 Å². The van der Waals surface area contributed by atoms with Gasteiger partial charge in [-0.2, -0.15) is 0 Å². The Hall–Kier alpha value is -1.55. The zero-order chi connectivity index (χ0) is 15.6. The molecule has 0 aliphatic carbocycles. The second kappa shape index (κ2) is 5.83. The van der Waals surface area contributed by atoms with Gasteiger partial charge in [0, 0.05) is 31.9 Å². The first-order valence-electron chi connectivity index (χ1n) is 6.89. The Kier molecular flexibility index (Phi) is 4.81. The van der Waals surface area contributed by atoms with Gasteiger partial charge in [-0.1, -0.05) is 12.1 Å². The molecule has 0 radical (unpaired) electrons. The van der Waals surface area contributed by atoms with Crippen molar-refractivity contribution in [3.63, 3.8) is 0 Å². The maximum Gasteiger partial charge on any atom is 0.227 e. The molecule has 1 amide bonds. The molecule has 3 N–H and O–H groups in total. The lowest BCUT2D eigenvalue weighted by Crippen LogP contribution is -2.55. The van der Waals surface area contributed by atoms with E-state index in [0.29, 0.717) is 6.54 Å². The molecular formula is C16H27N3O. The predicted octanol–water partition coefficient (Wildman–Crippen LogP) is 2.13. The van der Waals surface area contributed by atoms with Gasteiger partial charge in [0.25, 0.3) is 0 Å². The molecule has 112 valence electrons. The van der Waals surface area contributed by atoms with Crippen LogP contribution in [0.2, 0.25) is 0 Å². The van der Waals surface area contributed by atoms with Gasteiger partial charge in [-0.25, -0.2) is 0 Å². The van der Waals surface area contributed by atoms with Crippen molar-refractivity contribution < 1.29 is 4.79 Å². The van der Waals surface area contributed by atoms with Gasteiger partial charge < -0.3 is 16.0 Å². The van der Waals surface area contributed by atoms with E-state index in [-0.39, 0.29) is 5.91 Å². The summed E-state index contributed by atoms with van der Waals surface area (Å²) in [6.45, 7) is 8.01. The minimum atomic E-state index is -0.615. The molecule has 0 spiro atoms. The number of benzene rings is 1. The van der Waals surface area contributed by atoms with Crippen LogP contribution < -0.4 is 16.0 Å². The SMILES string of the molecule is CN(C)c1ccc(CNC(=O)C(C)(C)C(C)(C)N)cc1. The van der Waals surface area contributed by atoms with Crippen LogP contribution in [0, 0.1) is 5.41 Å². The van der Waals surface area contributed by atoms with Crippen LogP contribution in [0.1, 0.15) is 33.3 Å². The molecule has 0 aliphatic rings. The van der Waals surface area contributed by atoms with Crippen molar-refractivity contribution in [2.75, 3.05) is 19.0 Å². The first-order valence-corrected chi connectivity index (χ1v) is 6.89. The number of carbonyl (C=O) groups excluding carboxylic acids is 1. The minimum absolute atomic E-state index is 0.0262. The molecule has 0 atom stereocenters. The van der Waals surface area contributed by atoms with Gasteiger partial charge in [0.1, 0.15) is 0 Å². The fraction of sp³-hybridized carbons (Fsp3) is 0.562. The number of carbonyl (C=O) groups is 1. The van der Waals surface area contributed by atoms with Gasteiger partial charge in [-0.15, -0.1) is 0 Å². The van der Waals surface area contributed by atoms with Gasteiger partial charge in [0.15, 0.2) is 0 Å². The molecule has 0 saturated heterocycles. The predicted molar refractivity (Wildman–Crippen MR) is 84.7 cm³/mol. The highest BCUT2D eigenvalue weighted by Gasteiger charge is 2.40. The summed E-state index contributed by atoms with van der Waals surface area (Å²) in [4.78, 5) is 14.3. The fourth-order valence-electron chi connectivity index (χ4n) is 1.61. The number of anilines is 1. The van der Waals surface area contributed by atoms with E-state index in [1.165, 1.54) is 0 Å². The lowest BCUT2D eigenvalue weighted by atomic mass is 9.74. The van der Waals surface area contributed by atoms with Crippen LogP contribution in [-0.2, 0) is 11.3 Å². The number of hydrogen-bond donors (Lipinski definition) is 2. The summed E-state index contributed by atoms with van der Waals surface area (Å²) in [5.41, 5.74) is 7.11. The normalized spacial score (nSPS) is 12.2. The summed E-state index contributed by atoms with van der Waals surface area (Å²) >= 11 is 0. The number of rotatable bonds is 5. The van der Waals surface area contributed by atoms with Crippen molar-refractivity contribution in [2.45, 2.75) is 39.8 Å². The van der Waals surface area contributed by atoms with E-state index in [4.69, 9.17) is 5.73 Å². The van der Waals surface area contributed by atoms with E-state index in [9.17, 15) is 4.79 Å². The van der Waals surface area contributed by atoms with Crippen molar-refractivity contribution in [2.24, 2.45) is 11.1 Å². The Labute approximate surface area is 122 Å². The molecule has 0 saturated carbocycles. The van der Waals surface area contributed by atoms with Gasteiger partial charge >= 0.3 is 0 Å². The highest BCUT2D eigenvalue weighted by atomic mass is 16.2. The third kappa shape index (κ3) is 3.73. The summed E-state index contributed by atoms with van der Waals surface area (Å²) < 4.78 is 0. The van der Waals surface area contributed by atoms with Gasteiger partial charge in [-0.05, 0) is 45.4 Å². The van der Waals surface area contributed by atoms with Gasteiger partial charge in [0.05, 0.1) is 5.41 Å². The first kappa shape index (κ1) is 16.5. The van der Waals surface area contributed by atoms with Crippen LogP contribution in [0.25, 0.3) is 0 Å². The second-order valence-electron chi connectivity index (χ2n) is 6.59. The second-order valence-corrected chi connectivity index (χ2v) is 6.59. The van der Waals surface area contributed by atoms with Gasteiger partial charge in [0.2, 0.25) is 5.91 Å². The monoisotopic (exact) mass is 277 g/mol. The average molecular weight is 277 g/mol. The number of nitrogens with zero attached hydrogens (tertiary/aromatic N) is 1. The van der Waals surface area contributed by atoms with Crippen LogP contribution >= 0.6 is 0 Å². The third-order valence-corrected chi connectivity index (χ3v) is 4.08. The molecule has 4 heteroatoms. The van der Waals surface area contributed by atoms with E-state index in [1.807, 2.05) is 71.0 Å². The van der Waals surface area contributed by atoms with E-state index in [1.54, 1.807) is 0 Å². The number of nitrogens with two attached hydrogens (primary N) is 1. The molecule has 4 nitrogen and oxygen atoms in total. The third-order valence-electron chi connectivity index (χ3n) is 4.08. The lowest BCUT2D eigenvalue weighted by Gasteiger charge is -2.36. The zero-order valence-corrected chi connectivity index (χ0v) is 13.4. The lowest BCUT2D eigenvalue weighted by molar-refractivity contribution is -0.132. The summed E-state index contributed by atoms with van der Waals surface area (Å²) in [7, 11) is 4.01. The molecule has 0 heterocycles. The zero-order valence-electron chi connectivity index (χ0n) is 13.4. The number of amides is 1. The van der Waals surface area contributed by atoms with E-state index in [2.05, 4.69) is 5.32 Å². The molecule has 20 heavy (non-hydrogen) atoms. The minimum Gasteiger partial charge on any atom is -0.378 e. The van der Waals surface area contributed by atoms with Crippen molar-refractivity contribution in [3.8, 4) is 0 Å². The smallest absolute Gasteiger partial charge is 0.227 e. The van der Waals surface area contributed by atoms with Crippen LogP contribution in [0.5, 0.6) is 0 Å². The number of nitrogens with one attached hydrogen (secondary N) is 1. The number of hydrogen-bond acceptors (Lipinski definition) is 3. The Morgan fingerprint density at radius 2 is 1.65 bits per heavy atom. The summed E-state index contributed by atoms with van der Waals surface area (Å²) in [6, 6.07) is 8.13. The summed E-state index contributed by atoms with van der Waals surface area (Å²) in [5.74, 6) is -0.0262. The maximum atomic E-state index is 12.3. The Morgan fingerprint density at radius 1 is 1.15 bits per heavy atom. The molecule has 1 aromatic carbocycles. The Bertz CT molecular complexity index is 456. The van der Waals surface area contributed by atoms with Crippen LogP contribution in [-0.4, -0.2) is 25.5 Å². The first-order chi connectivity index (χ1) is 9.05. The van der Waals surface area contributed by atoms with Crippen molar-refractivity contribution >= 4 is 11.6 Å². The standard InChI is InChI=1S/C16H27N3O/c1-15(2,16(3,4)17)14(20)18-11-12-7-9-13(10-8-12)19(5)6/h7-10H,11,17H2,1-6H3,(H,18,20). The van der Waals surface area contributed by atoms with Crippen LogP contribution in [0.4, 0.5) is 5.69 Å². The van der Waals surface area contributed by atoms with E-state index < -0.39 is 11.0 Å². The van der Waals surface area contributed by atoms with Crippen molar-refractivity contribution in [1.82, 2.24) is 5.32 Å². The average Bonchev–Trinajstić information content (AvgIpc) is 2.34. The summed E-state index contributed by atoms with van der Waals surface area (Å²) in [6.07, 6.45) is 0. The maximum absolute atomic E-state index is 12.3. The Balaban J connectivity index is 2.66. The largest absolute Gasteiger partial charge is 0.378 e. The fourth-order valence-corrected chi connectivity index (χ4v) is 1.61. The molecule has 1 aromatic rings. The van der Waals surface area contributed by atoms with Gasteiger partial charge in [-0.3, -0.25) is 4.79 Å². The van der Waals surface area contributed by atoms with Crippen LogP contribution in [0.15, 0.2) is 24.3 Å². The highest BCUT2D eigenvalue weighted by molar-refractivity contribution is 5.83. The van der Waals surface area contributed by atoms with Crippen LogP contribution in [0.3, 0.4) is 0 Å². The quantitative estimate of drug-likeness (QED) is 0.867. The molecule has 0 aromatic heterocycles. The van der Waals surface area contributed by atoms with E-state index in [0.717, 1.165) is 11.3 Å². The van der Waals surface area contributed by atoms with Crippen molar-refractivity contribution in [3.05, 3.63) is 29.8 Å². The Morgan fingerprint density at radius 3 is 2.05 bits per heavy atom. The molecule has 0 aliphatic heterocycles. The van der Waals surface area contributed by atoms with E-state index >= 15 is 0 Å². The molecule has 1 rings (SSSR count). The highest BCUT2D eigenvalue weighted by Crippen LogP contribution is 2.28. The van der Waals surface area contributed by atoms with Crippen molar-refractivity contribution in [1.29, 1.82) is 0 Å². The molecule has 0 bridgehead atoms. The molecule has 0 unspecified atom stereocenters. The molecule has 0 fully saturated rings.